The van der Waals surface area contributed by atoms with E-state index in [1.807, 2.05) is 0 Å². The van der Waals surface area contributed by atoms with Gasteiger partial charge in [0.15, 0.2) is 11.6 Å². The lowest BCUT2D eigenvalue weighted by atomic mass is 10.1. The number of hydrogen-bond donors (Lipinski definition) is 3. The van der Waals surface area contributed by atoms with Crippen LogP contribution in [0.5, 0.6) is 5.75 Å². The minimum atomic E-state index is -0.955. The summed E-state index contributed by atoms with van der Waals surface area (Å²) >= 11 is 0. The normalized spacial score (nSPS) is 18.9. The molecule has 0 saturated heterocycles. The third-order valence-corrected chi connectivity index (χ3v) is 2.73. The van der Waals surface area contributed by atoms with Gasteiger partial charge in [0, 0.05) is 0 Å². The summed E-state index contributed by atoms with van der Waals surface area (Å²) in [5, 5.41) is 18.0. The van der Waals surface area contributed by atoms with Gasteiger partial charge in [-0.25, -0.2) is 4.39 Å². The number of anilines is 1. The van der Waals surface area contributed by atoms with Crippen LogP contribution < -0.4 is 5.73 Å². The first kappa shape index (κ1) is 9.76. The van der Waals surface area contributed by atoms with Crippen molar-refractivity contribution in [2.75, 3.05) is 5.73 Å². The summed E-state index contributed by atoms with van der Waals surface area (Å²) in [5.74, 6) is -2.94. The van der Waals surface area contributed by atoms with Crippen molar-refractivity contribution in [3.05, 3.63) is 23.0 Å². The van der Waals surface area contributed by atoms with Crippen LogP contribution in [0.3, 0.4) is 0 Å². The van der Waals surface area contributed by atoms with Crippen molar-refractivity contribution in [1.29, 1.82) is 0 Å². The molecule has 4 N–H and O–H groups in total. The van der Waals surface area contributed by atoms with Gasteiger partial charge in [-0.3, -0.25) is 4.79 Å². The highest BCUT2D eigenvalue weighted by Gasteiger charge is 2.31. The van der Waals surface area contributed by atoms with Crippen LogP contribution in [-0.2, 0) is 17.6 Å². The number of aromatic hydroxyl groups is 1. The van der Waals surface area contributed by atoms with E-state index in [4.69, 9.17) is 10.8 Å². The number of carbonyl (C=O) groups is 1. The van der Waals surface area contributed by atoms with Crippen molar-refractivity contribution < 1.29 is 19.4 Å². The molecule has 1 atom stereocenters. The number of halogens is 1. The van der Waals surface area contributed by atoms with Crippen LogP contribution in [0.15, 0.2) is 6.07 Å². The summed E-state index contributed by atoms with van der Waals surface area (Å²) in [6.45, 7) is 0. The monoisotopic (exact) mass is 211 g/mol. The number of fused-ring (bicyclic) bond motifs is 1. The van der Waals surface area contributed by atoms with Gasteiger partial charge in [0.25, 0.3) is 0 Å². The molecule has 1 aromatic rings. The van der Waals surface area contributed by atoms with E-state index in [9.17, 15) is 14.3 Å². The number of hydrogen-bond acceptors (Lipinski definition) is 3. The van der Waals surface area contributed by atoms with Crippen LogP contribution in [0.1, 0.15) is 11.1 Å². The summed E-state index contributed by atoms with van der Waals surface area (Å²) in [4.78, 5) is 10.7. The molecule has 0 fully saturated rings. The Balaban J connectivity index is 2.47. The van der Waals surface area contributed by atoms with Crippen molar-refractivity contribution in [2.45, 2.75) is 12.8 Å². The van der Waals surface area contributed by atoms with Gasteiger partial charge >= 0.3 is 5.97 Å². The molecule has 0 aromatic heterocycles. The second kappa shape index (κ2) is 3.12. The minimum absolute atomic E-state index is 0.0442. The van der Waals surface area contributed by atoms with Crippen LogP contribution in [0.4, 0.5) is 10.1 Å². The molecule has 0 aliphatic heterocycles. The number of phenolic OH excluding ortho intramolecular Hbond substituents is 1. The topological polar surface area (TPSA) is 83.5 Å². The van der Waals surface area contributed by atoms with Crippen LogP contribution in [0.2, 0.25) is 0 Å². The molecule has 5 heteroatoms. The van der Waals surface area contributed by atoms with Gasteiger partial charge in [0.05, 0.1) is 11.6 Å². The van der Waals surface area contributed by atoms with Gasteiger partial charge in [0.2, 0.25) is 0 Å². The second-order valence-corrected chi connectivity index (χ2v) is 3.71. The maximum Gasteiger partial charge on any atom is 0.307 e. The van der Waals surface area contributed by atoms with Crippen molar-refractivity contribution in [3.8, 4) is 5.75 Å². The molecular weight excluding hydrogens is 201 g/mol. The molecule has 0 spiro atoms. The van der Waals surface area contributed by atoms with Gasteiger partial charge in [-0.2, -0.15) is 0 Å². The van der Waals surface area contributed by atoms with E-state index in [-0.39, 0.29) is 24.1 Å². The van der Waals surface area contributed by atoms with Gasteiger partial charge in [0.1, 0.15) is 0 Å². The summed E-state index contributed by atoms with van der Waals surface area (Å²) in [5.41, 5.74) is 6.18. The molecule has 2 rings (SSSR count). The van der Waals surface area contributed by atoms with E-state index in [1.54, 1.807) is 0 Å². The molecule has 15 heavy (non-hydrogen) atoms. The van der Waals surface area contributed by atoms with Crippen molar-refractivity contribution in [3.63, 3.8) is 0 Å². The van der Waals surface area contributed by atoms with Crippen LogP contribution >= 0.6 is 0 Å². The Bertz CT molecular complexity index is 445. The number of benzene rings is 1. The number of nitrogen functional groups attached to an aromatic ring is 1. The molecule has 1 aliphatic rings. The van der Waals surface area contributed by atoms with Gasteiger partial charge in [-0.05, 0) is 30.0 Å². The molecule has 1 aromatic carbocycles. The van der Waals surface area contributed by atoms with Crippen LogP contribution in [-0.4, -0.2) is 16.2 Å². The molecule has 80 valence electrons. The number of phenols is 1. The fraction of sp³-hybridized carbons (Fsp3) is 0.300. The first-order valence-electron chi connectivity index (χ1n) is 4.52. The highest BCUT2D eigenvalue weighted by atomic mass is 19.1. The molecule has 0 heterocycles. The summed E-state index contributed by atoms with van der Waals surface area (Å²) in [6, 6.07) is 1.44. The molecule has 1 unspecified atom stereocenters. The molecular formula is C10H10FNO3. The maximum absolute atomic E-state index is 13.5. The standard InChI is InChI=1S/C10H10FNO3/c11-8-6-2-5(10(14)15)1-4(6)3-7(12)9(8)13/h3,5,13H,1-2,12H2,(H,14,15). The highest BCUT2D eigenvalue weighted by molar-refractivity contribution is 5.73. The Morgan fingerprint density at radius 3 is 2.80 bits per heavy atom. The molecule has 1 aliphatic carbocycles. The lowest BCUT2D eigenvalue weighted by Gasteiger charge is -2.05. The summed E-state index contributed by atoms with van der Waals surface area (Å²) in [6.07, 6.45) is 0.385. The quantitative estimate of drug-likeness (QED) is 0.476. The van der Waals surface area contributed by atoms with E-state index < -0.39 is 23.5 Å². The Hall–Kier alpha value is -1.78. The Morgan fingerprint density at radius 1 is 1.53 bits per heavy atom. The van der Waals surface area contributed by atoms with Gasteiger partial charge in [-0.15, -0.1) is 0 Å². The summed E-state index contributed by atoms with van der Waals surface area (Å²) < 4.78 is 13.5. The van der Waals surface area contributed by atoms with Crippen molar-refractivity contribution in [2.24, 2.45) is 5.92 Å². The van der Waals surface area contributed by atoms with Crippen molar-refractivity contribution >= 4 is 11.7 Å². The number of rotatable bonds is 1. The third-order valence-electron chi connectivity index (χ3n) is 2.73. The average molecular weight is 211 g/mol. The predicted octanol–water partition coefficient (Wildman–Crippen LogP) is 0.913. The largest absolute Gasteiger partial charge is 0.503 e. The third kappa shape index (κ3) is 1.40. The van der Waals surface area contributed by atoms with Crippen molar-refractivity contribution in [1.82, 2.24) is 0 Å². The van der Waals surface area contributed by atoms with E-state index >= 15 is 0 Å². The molecule has 0 radical (unpaired) electrons. The molecule has 4 nitrogen and oxygen atoms in total. The fourth-order valence-electron chi connectivity index (χ4n) is 1.92. The zero-order valence-electron chi connectivity index (χ0n) is 7.83. The fourth-order valence-corrected chi connectivity index (χ4v) is 1.92. The van der Waals surface area contributed by atoms with Crippen LogP contribution in [0.25, 0.3) is 0 Å². The summed E-state index contributed by atoms with van der Waals surface area (Å²) in [7, 11) is 0. The van der Waals surface area contributed by atoms with E-state index in [0.717, 1.165) is 0 Å². The van der Waals surface area contributed by atoms with E-state index in [2.05, 4.69) is 0 Å². The zero-order valence-corrected chi connectivity index (χ0v) is 7.83. The Morgan fingerprint density at radius 2 is 2.20 bits per heavy atom. The minimum Gasteiger partial charge on any atom is -0.503 e. The first-order chi connectivity index (χ1) is 7.00. The Kier molecular flexibility index (Phi) is 2.03. The number of nitrogens with two attached hydrogens (primary N) is 1. The lowest BCUT2D eigenvalue weighted by molar-refractivity contribution is -0.141. The molecule has 0 amide bonds. The predicted molar refractivity (Wildman–Crippen MR) is 51.0 cm³/mol. The second-order valence-electron chi connectivity index (χ2n) is 3.71. The van der Waals surface area contributed by atoms with E-state index in [0.29, 0.717) is 5.56 Å². The van der Waals surface area contributed by atoms with Crippen LogP contribution in [0, 0.1) is 11.7 Å². The molecule has 0 bridgehead atoms. The van der Waals surface area contributed by atoms with Gasteiger partial charge < -0.3 is 15.9 Å². The average Bonchev–Trinajstić information content (AvgIpc) is 2.58. The molecule has 0 saturated carbocycles. The SMILES string of the molecule is Nc1cc2c(c(F)c1O)CC(C(=O)O)C2. The highest BCUT2D eigenvalue weighted by Crippen LogP contribution is 2.36. The zero-order chi connectivity index (χ0) is 11.2. The number of aliphatic carboxylic acids is 1. The number of carboxylic acids is 1. The lowest BCUT2D eigenvalue weighted by Crippen LogP contribution is -2.13. The first-order valence-corrected chi connectivity index (χ1v) is 4.52. The number of carboxylic acid groups (broad SMARTS) is 1. The smallest absolute Gasteiger partial charge is 0.307 e. The maximum atomic E-state index is 13.5. The van der Waals surface area contributed by atoms with E-state index in [1.165, 1.54) is 6.07 Å². The Labute approximate surface area is 85.1 Å². The van der Waals surface area contributed by atoms with Gasteiger partial charge in [-0.1, -0.05) is 0 Å².